The van der Waals surface area contributed by atoms with Crippen molar-refractivity contribution in [2.24, 2.45) is 0 Å². The molecule has 0 N–H and O–H groups in total. The van der Waals surface area contributed by atoms with Crippen LogP contribution in [-0.2, 0) is 9.98 Å². The number of ketones is 1. The summed E-state index contributed by atoms with van der Waals surface area (Å²) in [6.07, 6.45) is 0. The quantitative estimate of drug-likeness (QED) is 0.524. The van der Waals surface area contributed by atoms with E-state index in [-0.39, 0.29) is 19.7 Å². The summed E-state index contributed by atoms with van der Waals surface area (Å²) in [7, 11) is -0.167. The molecule has 0 spiro atoms. The molecule has 1 atom stereocenters. The molecule has 120 valence electrons. The highest BCUT2D eigenvalue weighted by Crippen LogP contribution is 2.34. The number of hydrogen-bond acceptors (Lipinski definition) is 2. The highest BCUT2D eigenvalue weighted by Gasteiger charge is 2.26. The lowest BCUT2D eigenvalue weighted by Crippen LogP contribution is -2.16. The Morgan fingerprint density at radius 1 is 1.00 bits per heavy atom. The van der Waals surface area contributed by atoms with Gasteiger partial charge in [0.1, 0.15) is 5.66 Å². The number of aryl methyl sites for hydroxylation is 2. The summed E-state index contributed by atoms with van der Waals surface area (Å²) in [5, 5.41) is 0. The van der Waals surface area contributed by atoms with Crippen molar-refractivity contribution in [1.82, 2.24) is 0 Å². The third-order valence-electron chi connectivity index (χ3n) is 4.11. The molecule has 2 aromatic rings. The number of rotatable bonds is 4. The lowest BCUT2D eigenvalue weighted by atomic mass is 9.82. The first-order valence-electron chi connectivity index (χ1n) is 7.79. The van der Waals surface area contributed by atoms with Crippen LogP contribution in [0.4, 0.5) is 0 Å². The smallest absolute Gasteiger partial charge is 0.182 e. The molecule has 0 aliphatic heterocycles. The van der Waals surface area contributed by atoms with Gasteiger partial charge in [-0.15, -0.1) is 0 Å². The van der Waals surface area contributed by atoms with Crippen molar-refractivity contribution in [3.8, 4) is 0 Å². The zero-order valence-corrected chi connectivity index (χ0v) is 15.3. The van der Waals surface area contributed by atoms with E-state index in [9.17, 15) is 9.36 Å². The molecule has 0 aliphatic carbocycles. The summed E-state index contributed by atoms with van der Waals surface area (Å²) in [5.74, 6) is -0.0803. The van der Waals surface area contributed by atoms with Crippen LogP contribution in [0.1, 0.15) is 59.0 Å². The molecule has 0 heterocycles. The van der Waals surface area contributed by atoms with Gasteiger partial charge < -0.3 is 0 Å². The maximum absolute atomic E-state index is 13.0. The average Bonchev–Trinajstić information content (AvgIpc) is 2.47. The zero-order valence-electron chi connectivity index (χ0n) is 14.4. The summed E-state index contributed by atoms with van der Waals surface area (Å²) in [6.45, 7) is 10.4. The fourth-order valence-electron chi connectivity index (χ4n) is 2.82. The van der Waals surface area contributed by atoms with E-state index < -0.39 is 5.66 Å². The Bertz CT molecular complexity index is 704. The van der Waals surface area contributed by atoms with E-state index >= 15 is 0 Å². The molecule has 0 bridgehead atoms. The van der Waals surface area contributed by atoms with Crippen molar-refractivity contribution in [1.29, 1.82) is 0 Å². The standard InChI is InChI=1S/C20H23O2P/c1-13-11-16(20(3,4)5)12-14(2)17(13)18(21)19(23-22)15-9-7-6-8-10-15/h6-12,19H,1-5H3. The second kappa shape index (κ2) is 6.76. The molecule has 3 heteroatoms. The highest BCUT2D eigenvalue weighted by atomic mass is 31.1. The molecule has 0 aliphatic rings. The summed E-state index contributed by atoms with van der Waals surface area (Å²) in [6, 6.07) is 13.5. The number of Topliss-reactive ketones (excluding diaryl/α,β-unsaturated/α-hetero) is 1. The van der Waals surface area contributed by atoms with Crippen molar-refractivity contribution in [2.75, 3.05) is 0 Å². The summed E-state index contributed by atoms with van der Waals surface area (Å²) < 4.78 is 11.6. The molecule has 0 saturated carbocycles. The van der Waals surface area contributed by atoms with E-state index in [2.05, 4.69) is 32.9 Å². The fourth-order valence-corrected chi connectivity index (χ4v) is 3.34. The SMILES string of the molecule is Cc1cc(C(C)(C)C)cc(C)c1C(=O)C(P=O)c1ccccc1. The van der Waals surface area contributed by atoms with Gasteiger partial charge in [-0.1, -0.05) is 63.2 Å². The van der Waals surface area contributed by atoms with Gasteiger partial charge in [-0.25, -0.2) is 0 Å². The van der Waals surface area contributed by atoms with Crippen LogP contribution < -0.4 is 0 Å². The minimum Gasteiger partial charge on any atom is -0.293 e. The minimum atomic E-state index is -0.644. The van der Waals surface area contributed by atoms with Gasteiger partial charge in [0.25, 0.3) is 0 Å². The molecule has 0 aromatic heterocycles. The zero-order chi connectivity index (χ0) is 17.2. The Kier molecular flexibility index (Phi) is 5.16. The van der Waals surface area contributed by atoms with Crippen molar-refractivity contribution in [3.63, 3.8) is 0 Å². The van der Waals surface area contributed by atoms with Gasteiger partial charge >= 0.3 is 0 Å². The van der Waals surface area contributed by atoms with Crippen LogP contribution in [-0.4, -0.2) is 5.78 Å². The van der Waals surface area contributed by atoms with Gasteiger partial charge in [0.05, 0.1) is 0 Å². The van der Waals surface area contributed by atoms with Crippen LogP contribution in [0.2, 0.25) is 0 Å². The Hall–Kier alpha value is -1.79. The number of benzene rings is 2. The molecular formula is C20H23O2P. The van der Waals surface area contributed by atoms with E-state index in [1.165, 1.54) is 5.56 Å². The monoisotopic (exact) mass is 326 g/mol. The van der Waals surface area contributed by atoms with Crippen molar-refractivity contribution >= 4 is 14.2 Å². The second-order valence-corrected chi connectivity index (χ2v) is 7.75. The van der Waals surface area contributed by atoms with Gasteiger partial charge in [0.15, 0.2) is 14.2 Å². The molecule has 0 radical (unpaired) electrons. The van der Waals surface area contributed by atoms with Crippen molar-refractivity contribution < 1.29 is 9.36 Å². The van der Waals surface area contributed by atoms with E-state index in [0.717, 1.165) is 16.7 Å². The van der Waals surface area contributed by atoms with Crippen LogP contribution in [0.5, 0.6) is 0 Å². The summed E-state index contributed by atoms with van der Waals surface area (Å²) in [4.78, 5) is 13.0. The van der Waals surface area contributed by atoms with Gasteiger partial charge in [-0.3, -0.25) is 9.36 Å². The number of carbonyl (C=O) groups is 1. The topological polar surface area (TPSA) is 34.1 Å². The maximum Gasteiger partial charge on any atom is 0.182 e. The van der Waals surface area contributed by atoms with E-state index in [0.29, 0.717) is 5.56 Å². The highest BCUT2D eigenvalue weighted by molar-refractivity contribution is 7.26. The molecule has 2 rings (SSSR count). The number of carbonyl (C=O) groups excluding carboxylic acids is 1. The summed E-state index contributed by atoms with van der Waals surface area (Å²) >= 11 is 0. The second-order valence-electron chi connectivity index (χ2n) is 7.02. The fraction of sp³-hybridized carbons (Fsp3) is 0.350. The minimum absolute atomic E-state index is 0.0344. The van der Waals surface area contributed by atoms with Crippen LogP contribution in [0.25, 0.3) is 0 Å². The first-order chi connectivity index (χ1) is 10.8. The molecule has 23 heavy (non-hydrogen) atoms. The largest absolute Gasteiger partial charge is 0.293 e. The van der Waals surface area contributed by atoms with Gasteiger partial charge in [-0.2, -0.15) is 0 Å². The van der Waals surface area contributed by atoms with Crippen LogP contribution in [0.15, 0.2) is 42.5 Å². The third-order valence-corrected chi connectivity index (χ3v) is 4.86. The van der Waals surface area contributed by atoms with E-state index in [1.807, 2.05) is 44.2 Å². The van der Waals surface area contributed by atoms with Crippen LogP contribution in [0.3, 0.4) is 0 Å². The number of hydrogen-bond donors (Lipinski definition) is 0. The van der Waals surface area contributed by atoms with E-state index in [4.69, 9.17) is 0 Å². The Morgan fingerprint density at radius 2 is 1.52 bits per heavy atom. The van der Waals surface area contributed by atoms with Gasteiger partial charge in [0.2, 0.25) is 0 Å². The first-order valence-corrected chi connectivity index (χ1v) is 8.67. The third kappa shape index (κ3) is 3.76. The Morgan fingerprint density at radius 3 is 1.96 bits per heavy atom. The molecule has 0 fully saturated rings. The summed E-state index contributed by atoms with van der Waals surface area (Å²) in [5.41, 5.74) is 3.97. The Balaban J connectivity index is 2.49. The van der Waals surface area contributed by atoms with Crippen molar-refractivity contribution in [2.45, 2.75) is 45.7 Å². The molecule has 2 aromatic carbocycles. The van der Waals surface area contributed by atoms with Crippen LogP contribution in [0, 0.1) is 13.8 Å². The molecule has 1 unspecified atom stereocenters. The predicted molar refractivity (Wildman–Crippen MR) is 95.7 cm³/mol. The lowest BCUT2D eigenvalue weighted by Gasteiger charge is -2.22. The maximum atomic E-state index is 13.0. The molecule has 0 saturated heterocycles. The lowest BCUT2D eigenvalue weighted by molar-refractivity contribution is 0.0986. The first kappa shape index (κ1) is 17.6. The Labute approximate surface area is 140 Å². The van der Waals surface area contributed by atoms with Crippen LogP contribution >= 0.6 is 8.46 Å². The van der Waals surface area contributed by atoms with Gasteiger partial charge in [-0.05, 0) is 41.5 Å². The molecular weight excluding hydrogens is 303 g/mol. The molecule has 2 nitrogen and oxygen atoms in total. The normalized spacial score (nSPS) is 13.1. The van der Waals surface area contributed by atoms with Crippen molar-refractivity contribution in [3.05, 3.63) is 70.3 Å². The van der Waals surface area contributed by atoms with E-state index in [1.54, 1.807) is 0 Å². The predicted octanol–water partition coefficient (Wildman–Crippen LogP) is 5.82. The molecule has 0 amide bonds. The van der Waals surface area contributed by atoms with Gasteiger partial charge in [0, 0.05) is 5.56 Å². The average molecular weight is 326 g/mol.